The van der Waals surface area contributed by atoms with Crippen LogP contribution in [0.15, 0.2) is 12.3 Å². The van der Waals surface area contributed by atoms with Crippen LogP contribution in [0.3, 0.4) is 0 Å². The van der Waals surface area contributed by atoms with E-state index < -0.39 is 0 Å². The molecule has 1 saturated carbocycles. The highest BCUT2D eigenvalue weighted by Crippen LogP contribution is 2.39. The van der Waals surface area contributed by atoms with Gasteiger partial charge in [-0.2, -0.15) is 5.10 Å². The summed E-state index contributed by atoms with van der Waals surface area (Å²) in [4.78, 5) is 2.53. The maximum atomic E-state index is 10.7. The molecule has 1 saturated heterocycles. The van der Waals surface area contributed by atoms with Crippen molar-refractivity contribution in [1.82, 2.24) is 14.7 Å². The van der Waals surface area contributed by atoms with Gasteiger partial charge >= 0.3 is 0 Å². The highest BCUT2D eigenvalue weighted by Gasteiger charge is 2.42. The predicted molar refractivity (Wildman–Crippen MR) is 74.9 cm³/mol. The first kappa shape index (κ1) is 13.1. The Morgan fingerprint density at radius 2 is 2.32 bits per heavy atom. The molecule has 0 aromatic carbocycles. The highest BCUT2D eigenvalue weighted by molar-refractivity contribution is 5.01. The second-order valence-corrected chi connectivity index (χ2v) is 6.29. The topological polar surface area (TPSA) is 41.3 Å². The molecule has 1 aliphatic carbocycles. The van der Waals surface area contributed by atoms with Crippen molar-refractivity contribution >= 4 is 0 Å². The zero-order chi connectivity index (χ0) is 13.3. The molecule has 2 fully saturated rings. The van der Waals surface area contributed by atoms with Gasteiger partial charge < -0.3 is 10.0 Å². The largest absolute Gasteiger partial charge is 0.390 e. The van der Waals surface area contributed by atoms with Gasteiger partial charge in [0.1, 0.15) is 0 Å². The molecule has 1 aromatic rings. The summed E-state index contributed by atoms with van der Waals surface area (Å²) in [6.45, 7) is 3.21. The van der Waals surface area contributed by atoms with Crippen molar-refractivity contribution in [3.05, 3.63) is 18.0 Å². The van der Waals surface area contributed by atoms with E-state index in [2.05, 4.69) is 16.1 Å². The first-order valence-corrected chi connectivity index (χ1v) is 7.59. The fourth-order valence-electron chi connectivity index (χ4n) is 3.76. The number of aliphatic hydroxyl groups is 1. The third-order valence-electron chi connectivity index (χ3n) is 5.12. The number of hydrogen-bond donors (Lipinski definition) is 1. The average molecular weight is 263 g/mol. The highest BCUT2D eigenvalue weighted by atomic mass is 16.3. The van der Waals surface area contributed by atoms with E-state index in [0.717, 1.165) is 38.9 Å². The van der Waals surface area contributed by atoms with Crippen LogP contribution in [-0.2, 0) is 13.5 Å². The summed E-state index contributed by atoms with van der Waals surface area (Å²) in [6.07, 6.45) is 8.62. The Bertz CT molecular complexity index is 431. The molecule has 1 aromatic heterocycles. The van der Waals surface area contributed by atoms with Crippen molar-refractivity contribution < 1.29 is 5.11 Å². The third-order valence-corrected chi connectivity index (χ3v) is 5.12. The number of nitrogens with zero attached hydrogens (tertiary/aromatic N) is 3. The van der Waals surface area contributed by atoms with Crippen LogP contribution in [0, 0.1) is 5.92 Å². The SMILES string of the molecule is Cn1nccc1CCN1CCC2(O)CCCCC2C1. The standard InChI is InChI=1S/C15H25N3O/c1-17-14(5-9-16-17)6-10-18-11-8-15(19)7-3-2-4-13(15)12-18/h5,9,13,19H,2-4,6-8,10-12H2,1H3. The molecular formula is C15H25N3O. The molecule has 3 rings (SSSR count). The Hall–Kier alpha value is -0.870. The number of piperidine rings is 1. The molecule has 2 aliphatic rings. The fraction of sp³-hybridized carbons (Fsp3) is 0.800. The van der Waals surface area contributed by atoms with E-state index in [-0.39, 0.29) is 5.60 Å². The van der Waals surface area contributed by atoms with Gasteiger partial charge in [-0.1, -0.05) is 12.8 Å². The molecule has 0 amide bonds. The molecule has 0 radical (unpaired) electrons. The Labute approximate surface area is 115 Å². The number of rotatable bonds is 3. The normalized spacial score (nSPS) is 32.2. The lowest BCUT2D eigenvalue weighted by atomic mass is 9.71. The fourth-order valence-corrected chi connectivity index (χ4v) is 3.76. The second-order valence-electron chi connectivity index (χ2n) is 6.29. The molecule has 0 spiro atoms. The van der Waals surface area contributed by atoms with Gasteiger partial charge in [-0.15, -0.1) is 0 Å². The van der Waals surface area contributed by atoms with Crippen molar-refractivity contribution in [2.75, 3.05) is 19.6 Å². The van der Waals surface area contributed by atoms with Crippen molar-refractivity contribution in [3.63, 3.8) is 0 Å². The Morgan fingerprint density at radius 3 is 3.11 bits per heavy atom. The maximum Gasteiger partial charge on any atom is 0.0700 e. The van der Waals surface area contributed by atoms with E-state index in [0.29, 0.717) is 5.92 Å². The second kappa shape index (κ2) is 5.25. The van der Waals surface area contributed by atoms with Gasteiger partial charge in [-0.3, -0.25) is 4.68 Å². The van der Waals surface area contributed by atoms with E-state index in [1.807, 2.05) is 17.9 Å². The molecular weight excluding hydrogens is 238 g/mol. The van der Waals surface area contributed by atoms with Gasteiger partial charge in [0, 0.05) is 50.9 Å². The van der Waals surface area contributed by atoms with E-state index in [4.69, 9.17) is 0 Å². The van der Waals surface area contributed by atoms with E-state index in [1.165, 1.54) is 25.0 Å². The van der Waals surface area contributed by atoms with Crippen LogP contribution in [0.4, 0.5) is 0 Å². The van der Waals surface area contributed by atoms with Crippen molar-refractivity contribution in [2.45, 2.75) is 44.1 Å². The van der Waals surface area contributed by atoms with Gasteiger partial charge in [-0.25, -0.2) is 0 Å². The number of aryl methyl sites for hydroxylation is 1. The van der Waals surface area contributed by atoms with Gasteiger partial charge in [-0.05, 0) is 25.3 Å². The number of hydrogen-bond acceptors (Lipinski definition) is 3. The minimum atomic E-state index is -0.346. The van der Waals surface area contributed by atoms with Gasteiger partial charge in [0.2, 0.25) is 0 Å². The quantitative estimate of drug-likeness (QED) is 0.900. The molecule has 1 aliphatic heterocycles. The summed E-state index contributed by atoms with van der Waals surface area (Å²) < 4.78 is 1.96. The summed E-state index contributed by atoms with van der Waals surface area (Å²) >= 11 is 0. The van der Waals surface area contributed by atoms with Gasteiger partial charge in [0.15, 0.2) is 0 Å². The maximum absolute atomic E-state index is 10.7. The number of fused-ring (bicyclic) bond motifs is 1. The Morgan fingerprint density at radius 1 is 1.42 bits per heavy atom. The zero-order valence-corrected chi connectivity index (χ0v) is 11.9. The molecule has 1 N–H and O–H groups in total. The van der Waals surface area contributed by atoms with Crippen molar-refractivity contribution in [2.24, 2.45) is 13.0 Å². The van der Waals surface area contributed by atoms with Crippen LogP contribution in [0.1, 0.15) is 37.8 Å². The molecule has 4 heteroatoms. The van der Waals surface area contributed by atoms with Crippen LogP contribution < -0.4 is 0 Å². The lowest BCUT2D eigenvalue weighted by Crippen LogP contribution is -2.53. The monoisotopic (exact) mass is 263 g/mol. The lowest BCUT2D eigenvalue weighted by Gasteiger charge is -2.47. The van der Waals surface area contributed by atoms with Crippen LogP contribution in [0.5, 0.6) is 0 Å². The van der Waals surface area contributed by atoms with Crippen LogP contribution in [-0.4, -0.2) is 45.0 Å². The van der Waals surface area contributed by atoms with E-state index in [1.54, 1.807) is 0 Å². The van der Waals surface area contributed by atoms with Crippen molar-refractivity contribution in [3.8, 4) is 0 Å². The summed E-state index contributed by atoms with van der Waals surface area (Å²) in [5, 5.41) is 14.9. The molecule has 2 atom stereocenters. The summed E-state index contributed by atoms with van der Waals surface area (Å²) in [5.41, 5.74) is 0.950. The van der Waals surface area contributed by atoms with Gasteiger partial charge in [0.25, 0.3) is 0 Å². The summed E-state index contributed by atoms with van der Waals surface area (Å²) in [5.74, 6) is 0.501. The summed E-state index contributed by atoms with van der Waals surface area (Å²) in [6, 6.07) is 2.10. The molecule has 19 heavy (non-hydrogen) atoms. The van der Waals surface area contributed by atoms with E-state index in [9.17, 15) is 5.11 Å². The first-order chi connectivity index (χ1) is 9.17. The average Bonchev–Trinajstić information content (AvgIpc) is 2.81. The lowest BCUT2D eigenvalue weighted by molar-refractivity contribution is -0.0950. The molecule has 106 valence electrons. The molecule has 0 bridgehead atoms. The van der Waals surface area contributed by atoms with Gasteiger partial charge in [0.05, 0.1) is 5.60 Å². The first-order valence-electron chi connectivity index (χ1n) is 7.59. The molecule has 2 unspecified atom stereocenters. The molecule has 4 nitrogen and oxygen atoms in total. The smallest absolute Gasteiger partial charge is 0.0700 e. The Balaban J connectivity index is 1.55. The van der Waals surface area contributed by atoms with E-state index >= 15 is 0 Å². The molecule has 2 heterocycles. The van der Waals surface area contributed by atoms with Crippen LogP contribution in [0.25, 0.3) is 0 Å². The predicted octanol–water partition coefficient (Wildman–Crippen LogP) is 1.59. The third kappa shape index (κ3) is 2.70. The van der Waals surface area contributed by atoms with Crippen LogP contribution in [0.2, 0.25) is 0 Å². The summed E-state index contributed by atoms with van der Waals surface area (Å²) in [7, 11) is 2.01. The number of aromatic nitrogens is 2. The Kier molecular flexibility index (Phi) is 3.63. The van der Waals surface area contributed by atoms with Crippen LogP contribution >= 0.6 is 0 Å². The zero-order valence-electron chi connectivity index (χ0n) is 11.9. The van der Waals surface area contributed by atoms with Crippen molar-refractivity contribution in [1.29, 1.82) is 0 Å². The minimum absolute atomic E-state index is 0.346. The number of likely N-dealkylation sites (tertiary alicyclic amines) is 1. The minimum Gasteiger partial charge on any atom is -0.390 e.